The SMILES string of the molecule is CN(C)C(CNc1ncccc1S(C)(=O)=O)C1CC1. The van der Waals surface area contributed by atoms with Gasteiger partial charge in [-0.05, 0) is 45.0 Å². The van der Waals surface area contributed by atoms with E-state index in [1.54, 1.807) is 18.3 Å². The molecule has 1 fully saturated rings. The van der Waals surface area contributed by atoms with Crippen LogP contribution in [0.15, 0.2) is 23.2 Å². The third-order valence-corrected chi connectivity index (χ3v) is 4.61. The molecule has 0 saturated heterocycles. The number of nitrogens with one attached hydrogen (secondary N) is 1. The molecule has 1 aliphatic rings. The van der Waals surface area contributed by atoms with Crippen LogP contribution >= 0.6 is 0 Å². The Bertz CT molecular complexity index is 537. The fraction of sp³-hybridized carbons (Fsp3) is 0.615. The molecule has 0 bridgehead atoms. The molecule has 5 nitrogen and oxygen atoms in total. The van der Waals surface area contributed by atoms with Crippen LogP contribution in [0.3, 0.4) is 0 Å². The third-order valence-electron chi connectivity index (χ3n) is 3.48. The summed E-state index contributed by atoms with van der Waals surface area (Å²) in [7, 11) is 0.867. The number of nitrogens with zero attached hydrogens (tertiary/aromatic N) is 2. The van der Waals surface area contributed by atoms with Gasteiger partial charge in [-0.2, -0.15) is 0 Å². The van der Waals surface area contributed by atoms with E-state index in [4.69, 9.17) is 0 Å². The lowest BCUT2D eigenvalue weighted by Crippen LogP contribution is -2.36. The molecule has 6 heteroatoms. The van der Waals surface area contributed by atoms with Crippen LogP contribution in [0.1, 0.15) is 12.8 Å². The lowest BCUT2D eigenvalue weighted by molar-refractivity contribution is 0.276. The van der Waals surface area contributed by atoms with E-state index in [0.717, 1.165) is 6.54 Å². The fourth-order valence-corrected chi connectivity index (χ4v) is 3.08. The van der Waals surface area contributed by atoms with E-state index in [9.17, 15) is 8.42 Å². The predicted octanol–water partition coefficient (Wildman–Crippen LogP) is 1.24. The summed E-state index contributed by atoms with van der Waals surface area (Å²) >= 11 is 0. The average molecular weight is 283 g/mol. The zero-order valence-corrected chi connectivity index (χ0v) is 12.4. The second kappa shape index (κ2) is 5.46. The van der Waals surface area contributed by atoms with Gasteiger partial charge in [-0.25, -0.2) is 13.4 Å². The molecule has 0 radical (unpaired) electrons. The zero-order valence-electron chi connectivity index (χ0n) is 11.6. The van der Waals surface area contributed by atoms with Crippen LogP contribution in [-0.2, 0) is 9.84 Å². The molecule has 1 N–H and O–H groups in total. The minimum absolute atomic E-state index is 0.267. The molecule has 0 spiro atoms. The number of sulfone groups is 1. The molecule has 1 aromatic heterocycles. The van der Waals surface area contributed by atoms with Gasteiger partial charge in [0.25, 0.3) is 0 Å². The highest BCUT2D eigenvalue weighted by molar-refractivity contribution is 7.90. The van der Waals surface area contributed by atoms with E-state index < -0.39 is 9.84 Å². The van der Waals surface area contributed by atoms with Gasteiger partial charge in [0, 0.05) is 25.0 Å². The largest absolute Gasteiger partial charge is 0.367 e. The molecular weight excluding hydrogens is 262 g/mol. The van der Waals surface area contributed by atoms with Crippen molar-refractivity contribution in [1.82, 2.24) is 9.88 Å². The van der Waals surface area contributed by atoms with Gasteiger partial charge in [-0.15, -0.1) is 0 Å². The zero-order chi connectivity index (χ0) is 14.0. The van der Waals surface area contributed by atoms with Crippen LogP contribution in [0.2, 0.25) is 0 Å². The predicted molar refractivity (Wildman–Crippen MR) is 76.0 cm³/mol. The molecule has 1 aromatic rings. The molecule has 1 atom stereocenters. The van der Waals surface area contributed by atoms with Crippen molar-refractivity contribution < 1.29 is 8.42 Å². The molecule has 1 unspecified atom stereocenters. The molecule has 0 aliphatic heterocycles. The fourth-order valence-electron chi connectivity index (χ4n) is 2.28. The Kier molecular flexibility index (Phi) is 4.10. The molecule has 1 aliphatic carbocycles. The van der Waals surface area contributed by atoms with Crippen molar-refractivity contribution in [3.05, 3.63) is 18.3 Å². The topological polar surface area (TPSA) is 62.3 Å². The first-order valence-electron chi connectivity index (χ1n) is 6.45. The van der Waals surface area contributed by atoms with Crippen LogP contribution < -0.4 is 5.32 Å². The summed E-state index contributed by atoms with van der Waals surface area (Å²) in [5.41, 5.74) is 0. The summed E-state index contributed by atoms with van der Waals surface area (Å²) in [6.07, 6.45) is 5.33. The number of likely N-dealkylation sites (N-methyl/N-ethyl adjacent to an activating group) is 1. The number of hydrogen-bond donors (Lipinski definition) is 1. The summed E-state index contributed by atoms with van der Waals surface area (Å²) in [5, 5.41) is 3.19. The lowest BCUT2D eigenvalue weighted by Gasteiger charge is -2.25. The van der Waals surface area contributed by atoms with E-state index >= 15 is 0 Å². The molecule has 0 amide bonds. The molecule has 106 valence electrons. The first kappa shape index (κ1) is 14.3. The summed E-state index contributed by atoms with van der Waals surface area (Å²) in [6.45, 7) is 0.719. The Morgan fingerprint density at radius 3 is 2.68 bits per heavy atom. The summed E-state index contributed by atoms with van der Waals surface area (Å²) in [5.74, 6) is 1.17. The molecule has 1 saturated carbocycles. The first-order chi connectivity index (χ1) is 8.89. The maximum Gasteiger partial charge on any atom is 0.179 e. The standard InChI is InChI=1S/C13H21N3O2S/c1-16(2)11(10-6-7-10)9-15-13-12(19(3,17)18)5-4-8-14-13/h4-5,8,10-11H,6-7,9H2,1-3H3,(H,14,15). The van der Waals surface area contributed by atoms with Crippen molar-refractivity contribution in [3.8, 4) is 0 Å². The van der Waals surface area contributed by atoms with E-state index in [1.807, 2.05) is 0 Å². The van der Waals surface area contributed by atoms with Gasteiger partial charge in [0.1, 0.15) is 10.7 Å². The van der Waals surface area contributed by atoms with Gasteiger partial charge in [-0.1, -0.05) is 0 Å². The Morgan fingerprint density at radius 1 is 1.47 bits per heavy atom. The van der Waals surface area contributed by atoms with Gasteiger partial charge in [-0.3, -0.25) is 0 Å². The second-order valence-corrected chi connectivity index (χ2v) is 7.36. The summed E-state index contributed by atoms with van der Waals surface area (Å²) in [4.78, 5) is 6.60. The van der Waals surface area contributed by atoms with Crippen molar-refractivity contribution in [1.29, 1.82) is 0 Å². The number of aromatic nitrogens is 1. The summed E-state index contributed by atoms with van der Waals surface area (Å²) < 4.78 is 23.4. The number of anilines is 1. The molecular formula is C13H21N3O2S. The van der Waals surface area contributed by atoms with Gasteiger partial charge in [0.15, 0.2) is 9.84 Å². The maximum absolute atomic E-state index is 11.7. The minimum atomic E-state index is -3.24. The molecule has 0 aromatic carbocycles. The Hall–Kier alpha value is -1.14. The smallest absolute Gasteiger partial charge is 0.179 e. The molecule has 1 heterocycles. The highest BCUT2D eigenvalue weighted by Gasteiger charge is 2.32. The van der Waals surface area contributed by atoms with E-state index in [1.165, 1.54) is 19.1 Å². The van der Waals surface area contributed by atoms with E-state index in [0.29, 0.717) is 17.8 Å². The average Bonchev–Trinajstić information content (AvgIpc) is 3.12. The number of pyridine rings is 1. The Balaban J connectivity index is 2.11. The highest BCUT2D eigenvalue weighted by atomic mass is 32.2. The van der Waals surface area contributed by atoms with Crippen molar-refractivity contribution in [3.63, 3.8) is 0 Å². The lowest BCUT2D eigenvalue weighted by atomic mass is 10.1. The second-order valence-electron chi connectivity index (χ2n) is 5.37. The highest BCUT2D eigenvalue weighted by Crippen LogP contribution is 2.34. The normalized spacial score (nSPS) is 17.5. The van der Waals surface area contributed by atoms with Crippen molar-refractivity contribution >= 4 is 15.7 Å². The van der Waals surface area contributed by atoms with Crippen molar-refractivity contribution in [2.24, 2.45) is 5.92 Å². The monoisotopic (exact) mass is 283 g/mol. The van der Waals surface area contributed by atoms with Gasteiger partial charge >= 0.3 is 0 Å². The van der Waals surface area contributed by atoms with Crippen LogP contribution in [0, 0.1) is 5.92 Å². The van der Waals surface area contributed by atoms with Crippen LogP contribution in [0.5, 0.6) is 0 Å². The van der Waals surface area contributed by atoms with E-state index in [-0.39, 0.29) is 4.90 Å². The molecule has 2 rings (SSSR count). The van der Waals surface area contributed by atoms with Crippen molar-refractivity contribution in [2.75, 3.05) is 32.2 Å². The summed E-state index contributed by atoms with van der Waals surface area (Å²) in [6, 6.07) is 3.66. The van der Waals surface area contributed by atoms with Crippen LogP contribution in [0.25, 0.3) is 0 Å². The number of rotatable bonds is 6. The van der Waals surface area contributed by atoms with E-state index in [2.05, 4.69) is 29.3 Å². The molecule has 19 heavy (non-hydrogen) atoms. The Morgan fingerprint density at radius 2 is 2.16 bits per heavy atom. The van der Waals surface area contributed by atoms with Gasteiger partial charge in [0.2, 0.25) is 0 Å². The van der Waals surface area contributed by atoms with Gasteiger partial charge < -0.3 is 10.2 Å². The third kappa shape index (κ3) is 3.67. The van der Waals surface area contributed by atoms with Crippen LogP contribution in [-0.4, -0.2) is 51.2 Å². The quantitative estimate of drug-likeness (QED) is 0.851. The van der Waals surface area contributed by atoms with Crippen LogP contribution in [0.4, 0.5) is 5.82 Å². The number of hydrogen-bond acceptors (Lipinski definition) is 5. The Labute approximate surface area is 114 Å². The van der Waals surface area contributed by atoms with Gasteiger partial charge in [0.05, 0.1) is 0 Å². The maximum atomic E-state index is 11.7. The minimum Gasteiger partial charge on any atom is -0.367 e. The van der Waals surface area contributed by atoms with Crippen molar-refractivity contribution in [2.45, 2.75) is 23.8 Å². The first-order valence-corrected chi connectivity index (χ1v) is 8.34.